The second kappa shape index (κ2) is 13.9. The van der Waals surface area contributed by atoms with Crippen LogP contribution in [0, 0.1) is 12.8 Å². The molecule has 0 aliphatic carbocycles. The molecule has 9 nitrogen and oxygen atoms in total. The number of alkyl halides is 3. The van der Waals surface area contributed by atoms with Crippen LogP contribution in [0.15, 0.2) is 78.0 Å². The Balaban J connectivity index is 1.41. The third-order valence-corrected chi connectivity index (χ3v) is 11.2. The van der Waals surface area contributed by atoms with Crippen molar-refractivity contribution in [3.8, 4) is 5.75 Å². The molecule has 13 heteroatoms. The van der Waals surface area contributed by atoms with Gasteiger partial charge in [-0.3, -0.25) is 9.78 Å². The first-order valence-corrected chi connectivity index (χ1v) is 17.8. The van der Waals surface area contributed by atoms with E-state index in [1.165, 1.54) is 10.4 Å². The third-order valence-electron chi connectivity index (χ3n) is 9.29. The number of ether oxygens (including phenoxy) is 1. The van der Waals surface area contributed by atoms with Gasteiger partial charge in [0, 0.05) is 50.8 Å². The normalized spacial score (nSPS) is 16.9. The fourth-order valence-electron chi connectivity index (χ4n) is 6.72. The minimum atomic E-state index is -4.68. The molecule has 0 saturated heterocycles. The largest absolute Gasteiger partial charge is 0.494 e. The van der Waals surface area contributed by atoms with E-state index in [1.807, 2.05) is 57.2 Å². The van der Waals surface area contributed by atoms with Crippen molar-refractivity contribution in [1.82, 2.24) is 24.3 Å². The number of carbonyl (C=O) groups excluding carboxylic acids is 1. The maximum Gasteiger partial charge on any atom is 0.416 e. The number of pyridine rings is 1. The summed E-state index contributed by atoms with van der Waals surface area (Å²) in [6, 6.07) is 16.1. The topological polar surface area (TPSA) is 107 Å². The lowest BCUT2D eigenvalue weighted by Crippen LogP contribution is -2.33. The average molecular weight is 706 g/mol. The lowest BCUT2D eigenvalue weighted by Gasteiger charge is -2.25. The Morgan fingerprint density at radius 3 is 2.58 bits per heavy atom. The summed E-state index contributed by atoms with van der Waals surface area (Å²) in [5.41, 5.74) is 4.54. The summed E-state index contributed by atoms with van der Waals surface area (Å²) in [5, 5.41) is 8.61. The summed E-state index contributed by atoms with van der Waals surface area (Å²) in [7, 11) is -2.72. The van der Waals surface area contributed by atoms with Crippen LogP contribution in [0.2, 0.25) is 0 Å². The number of hydrogen-bond donors (Lipinski definition) is 0. The number of aryl methyl sites for hydroxylation is 2. The third kappa shape index (κ3) is 7.15. The van der Waals surface area contributed by atoms with Crippen molar-refractivity contribution >= 4 is 26.8 Å². The molecular formula is C37H38F3N5O4S. The van der Waals surface area contributed by atoms with Gasteiger partial charge in [0.15, 0.2) is 0 Å². The number of sulfonamides is 1. The smallest absolute Gasteiger partial charge is 0.416 e. The minimum absolute atomic E-state index is 0.0256. The number of halogens is 3. The molecule has 5 aromatic rings. The fourth-order valence-corrected chi connectivity index (χ4v) is 8.51. The van der Waals surface area contributed by atoms with Crippen LogP contribution in [0.25, 0.3) is 11.0 Å². The number of Topliss-reactive ketones (excluding diaryl/α,β-unsaturated/α-hetero) is 1. The molecule has 0 amide bonds. The summed E-state index contributed by atoms with van der Waals surface area (Å²) < 4.78 is 77.8. The first kappa shape index (κ1) is 35.2. The van der Waals surface area contributed by atoms with E-state index in [4.69, 9.17) is 4.74 Å². The number of aromatic nitrogens is 4. The van der Waals surface area contributed by atoms with Gasteiger partial charge in [0.25, 0.3) is 0 Å². The summed E-state index contributed by atoms with van der Waals surface area (Å²) in [6.45, 7) is 6.38. The molecule has 2 atom stereocenters. The first-order chi connectivity index (χ1) is 23.8. The Morgan fingerprint density at radius 1 is 1.08 bits per heavy atom. The SMILES string of the molecule is CCn1nnc2cc(C(CC(=O)Cc3cccnc3)c3ccc(C)c(CN4C[C@@H](C)Cc5ccc(C(F)(F)F)cc5S4(=O)=O)c3)cc(OC)c21. The number of carbonyl (C=O) groups is 1. The fraction of sp³-hybridized carbons (Fsp3) is 0.351. The van der Waals surface area contributed by atoms with Crippen LogP contribution in [0.5, 0.6) is 5.75 Å². The predicted molar refractivity (Wildman–Crippen MR) is 182 cm³/mol. The molecule has 0 N–H and O–H groups in total. The van der Waals surface area contributed by atoms with Crippen molar-refractivity contribution in [2.24, 2.45) is 5.92 Å². The maximum absolute atomic E-state index is 14.0. The van der Waals surface area contributed by atoms with E-state index in [2.05, 4.69) is 15.3 Å². The highest BCUT2D eigenvalue weighted by Crippen LogP contribution is 2.38. The molecule has 1 aliphatic heterocycles. The van der Waals surface area contributed by atoms with Gasteiger partial charge in [-0.15, -0.1) is 5.10 Å². The van der Waals surface area contributed by atoms with E-state index in [0.717, 1.165) is 39.9 Å². The van der Waals surface area contributed by atoms with Gasteiger partial charge < -0.3 is 4.74 Å². The van der Waals surface area contributed by atoms with Gasteiger partial charge in [-0.1, -0.05) is 42.5 Å². The number of benzene rings is 3. The molecule has 0 radical (unpaired) electrons. The number of methoxy groups -OCH3 is 1. The highest BCUT2D eigenvalue weighted by Gasteiger charge is 2.37. The Bertz CT molecular complexity index is 2150. The van der Waals surface area contributed by atoms with E-state index in [9.17, 15) is 26.4 Å². The van der Waals surface area contributed by atoms with Gasteiger partial charge in [0.05, 0.1) is 17.6 Å². The van der Waals surface area contributed by atoms with Gasteiger partial charge in [-0.25, -0.2) is 13.1 Å². The molecule has 3 aromatic carbocycles. The number of ketones is 1. The first-order valence-electron chi connectivity index (χ1n) is 16.4. The number of rotatable bonds is 10. The van der Waals surface area contributed by atoms with Gasteiger partial charge in [-0.05, 0) is 89.9 Å². The van der Waals surface area contributed by atoms with Crippen molar-refractivity contribution in [2.45, 2.75) is 70.1 Å². The summed E-state index contributed by atoms with van der Waals surface area (Å²) in [5.74, 6) is -0.0662. The minimum Gasteiger partial charge on any atom is -0.494 e. The average Bonchev–Trinajstić information content (AvgIpc) is 3.47. The second-order valence-electron chi connectivity index (χ2n) is 12.9. The predicted octanol–water partition coefficient (Wildman–Crippen LogP) is 6.90. The molecule has 0 fully saturated rings. The van der Waals surface area contributed by atoms with Crippen LogP contribution in [0.3, 0.4) is 0 Å². The van der Waals surface area contributed by atoms with Gasteiger partial charge >= 0.3 is 6.18 Å². The number of nitrogens with zero attached hydrogens (tertiary/aromatic N) is 5. The van der Waals surface area contributed by atoms with Crippen molar-refractivity contribution in [2.75, 3.05) is 13.7 Å². The quantitative estimate of drug-likeness (QED) is 0.156. The lowest BCUT2D eigenvalue weighted by molar-refractivity contribution is -0.137. The molecule has 1 unspecified atom stereocenters. The van der Waals surface area contributed by atoms with E-state index >= 15 is 0 Å². The molecule has 1 aliphatic rings. The zero-order chi connectivity index (χ0) is 35.8. The van der Waals surface area contributed by atoms with E-state index in [1.54, 1.807) is 30.3 Å². The number of hydrogen-bond acceptors (Lipinski definition) is 7. The van der Waals surface area contributed by atoms with Crippen LogP contribution in [0.4, 0.5) is 13.2 Å². The molecule has 0 spiro atoms. The van der Waals surface area contributed by atoms with Crippen LogP contribution in [0.1, 0.15) is 65.1 Å². The molecular weight excluding hydrogens is 667 g/mol. The number of fused-ring (bicyclic) bond motifs is 2. The highest BCUT2D eigenvalue weighted by molar-refractivity contribution is 7.89. The van der Waals surface area contributed by atoms with Gasteiger partial charge in [-0.2, -0.15) is 17.5 Å². The Hall–Kier alpha value is -4.62. The van der Waals surface area contributed by atoms with E-state index in [-0.39, 0.29) is 42.5 Å². The van der Waals surface area contributed by atoms with E-state index < -0.39 is 27.7 Å². The van der Waals surface area contributed by atoms with Crippen molar-refractivity contribution in [3.63, 3.8) is 0 Å². The van der Waals surface area contributed by atoms with Crippen LogP contribution in [-0.4, -0.2) is 52.1 Å². The monoisotopic (exact) mass is 705 g/mol. The highest BCUT2D eigenvalue weighted by atomic mass is 32.2. The molecule has 2 aromatic heterocycles. The maximum atomic E-state index is 14.0. The van der Waals surface area contributed by atoms with Crippen molar-refractivity contribution in [1.29, 1.82) is 0 Å². The Labute approximate surface area is 289 Å². The molecule has 262 valence electrons. The zero-order valence-corrected chi connectivity index (χ0v) is 29.1. The van der Waals surface area contributed by atoms with Crippen LogP contribution < -0.4 is 4.74 Å². The second-order valence-corrected chi connectivity index (χ2v) is 14.8. The summed E-state index contributed by atoms with van der Waals surface area (Å²) in [6.07, 6.45) is -0.741. The van der Waals surface area contributed by atoms with Crippen molar-refractivity contribution < 1.29 is 31.1 Å². The lowest BCUT2D eigenvalue weighted by atomic mass is 9.84. The molecule has 0 bridgehead atoms. The van der Waals surface area contributed by atoms with Crippen LogP contribution in [-0.2, 0) is 46.9 Å². The Morgan fingerprint density at radius 2 is 1.88 bits per heavy atom. The summed E-state index contributed by atoms with van der Waals surface area (Å²) >= 11 is 0. The molecule has 50 heavy (non-hydrogen) atoms. The van der Waals surface area contributed by atoms with Crippen LogP contribution >= 0.6 is 0 Å². The van der Waals surface area contributed by atoms with E-state index in [0.29, 0.717) is 35.4 Å². The molecule has 3 heterocycles. The van der Waals surface area contributed by atoms with Gasteiger partial charge in [0.2, 0.25) is 10.0 Å². The molecule has 0 saturated carbocycles. The molecule has 6 rings (SSSR count). The standard InChI is InChI=1S/C37H38F3N5O4S/c1-5-45-36-33(42-43-45)16-28(17-34(36)49-4)32(19-31(46)14-25-7-6-12-41-20-25)26-9-8-24(3)29(15-26)22-44-21-23(2)13-27-10-11-30(37(38,39)40)18-35(27)50(44,47)48/h6-12,15-18,20,23,32H,5,13-14,19,21-22H2,1-4H3/t23-,32?/m0/s1. The van der Waals surface area contributed by atoms with Crippen molar-refractivity contribution in [3.05, 3.63) is 112 Å². The Kier molecular flexibility index (Phi) is 9.82. The van der Waals surface area contributed by atoms with Gasteiger partial charge in [0.1, 0.15) is 22.6 Å². The zero-order valence-electron chi connectivity index (χ0n) is 28.2. The summed E-state index contributed by atoms with van der Waals surface area (Å²) in [4.78, 5) is 17.4.